The first-order valence-electron chi connectivity index (χ1n) is 5.51. The second kappa shape index (κ2) is 4.40. The lowest BCUT2D eigenvalue weighted by Gasteiger charge is -2.25. The summed E-state index contributed by atoms with van der Waals surface area (Å²) in [5.41, 5.74) is 0.563. The van der Waals surface area contributed by atoms with Crippen LogP contribution in [-0.2, 0) is 9.53 Å². The topological polar surface area (TPSA) is 35.5 Å². The average molecular weight is 254 g/mol. The van der Waals surface area contributed by atoms with Gasteiger partial charge in [0.15, 0.2) is 0 Å². The molecule has 0 spiro atoms. The highest BCUT2D eigenvalue weighted by Gasteiger charge is 2.45. The molecule has 2 rings (SSSR count). The molecule has 0 radical (unpaired) electrons. The van der Waals surface area contributed by atoms with E-state index in [-0.39, 0.29) is 12.4 Å². The van der Waals surface area contributed by atoms with Crippen molar-refractivity contribution in [3.63, 3.8) is 0 Å². The number of alkyl halides is 2. The minimum absolute atomic E-state index is 0.0347. The molecule has 1 aliphatic rings. The summed E-state index contributed by atoms with van der Waals surface area (Å²) in [5, 5.41) is 0. The number of benzene rings is 1. The summed E-state index contributed by atoms with van der Waals surface area (Å²) in [6.07, 6.45) is -2.54. The van der Waals surface area contributed by atoms with E-state index in [1.165, 1.54) is 6.07 Å². The smallest absolute Gasteiger partial charge is 0.433 e. The molecule has 0 aliphatic carbocycles. The molecule has 0 aromatic heterocycles. The number of carbonyl (C=O) groups is 1. The number of hydrogen-bond donors (Lipinski definition) is 0. The van der Waals surface area contributed by atoms with Crippen molar-refractivity contribution in [1.82, 2.24) is 0 Å². The molecule has 0 fully saturated rings. The van der Waals surface area contributed by atoms with E-state index in [4.69, 9.17) is 0 Å². The number of hydrogen-bond acceptors (Lipinski definition) is 3. The third-order valence-corrected chi connectivity index (χ3v) is 2.51. The predicted octanol–water partition coefficient (Wildman–Crippen LogP) is 2.93. The molecular weight excluding hydrogens is 242 g/mol. The van der Waals surface area contributed by atoms with Crippen molar-refractivity contribution in [3.8, 4) is 5.75 Å². The summed E-state index contributed by atoms with van der Waals surface area (Å²) in [6.45, 7) is 3.41. The third kappa shape index (κ3) is 2.20. The minimum Gasteiger partial charge on any atom is -0.462 e. The molecule has 1 heterocycles. The van der Waals surface area contributed by atoms with Crippen LogP contribution in [0.3, 0.4) is 0 Å². The van der Waals surface area contributed by atoms with Gasteiger partial charge in [-0.1, -0.05) is 11.6 Å². The van der Waals surface area contributed by atoms with Crippen molar-refractivity contribution in [2.75, 3.05) is 6.61 Å². The lowest BCUT2D eigenvalue weighted by molar-refractivity contribution is -0.165. The molecule has 0 saturated heterocycles. The van der Waals surface area contributed by atoms with E-state index < -0.39 is 17.7 Å². The first-order valence-corrected chi connectivity index (χ1v) is 5.51. The maximum Gasteiger partial charge on any atom is 0.433 e. The van der Waals surface area contributed by atoms with Crippen molar-refractivity contribution >= 4 is 12.0 Å². The normalized spacial score (nSPS) is 16.3. The maximum absolute atomic E-state index is 13.6. The lowest BCUT2D eigenvalue weighted by Crippen LogP contribution is -2.34. The molecule has 0 saturated carbocycles. The number of ether oxygens (including phenoxy) is 2. The minimum atomic E-state index is -3.66. The Labute approximate surface area is 103 Å². The van der Waals surface area contributed by atoms with Crippen molar-refractivity contribution in [3.05, 3.63) is 34.9 Å². The van der Waals surface area contributed by atoms with E-state index in [0.29, 0.717) is 5.56 Å². The third-order valence-electron chi connectivity index (χ3n) is 2.51. The summed E-state index contributed by atoms with van der Waals surface area (Å²) in [5.74, 6) is -1.01. The van der Waals surface area contributed by atoms with Crippen LogP contribution in [0.25, 0.3) is 6.08 Å². The van der Waals surface area contributed by atoms with E-state index >= 15 is 0 Å². The number of fused-ring (bicyclic) bond motifs is 1. The number of carbonyl (C=O) groups excluding carboxylic acids is 1. The summed E-state index contributed by atoms with van der Waals surface area (Å²) in [4.78, 5) is 11.5. The van der Waals surface area contributed by atoms with Crippen LogP contribution in [0.5, 0.6) is 5.75 Å². The Balaban J connectivity index is 2.46. The zero-order valence-corrected chi connectivity index (χ0v) is 10.00. The van der Waals surface area contributed by atoms with Crippen LogP contribution in [0.4, 0.5) is 8.78 Å². The Bertz CT molecular complexity index is 521. The Kier molecular flexibility index (Phi) is 3.07. The molecule has 5 heteroatoms. The highest BCUT2D eigenvalue weighted by atomic mass is 19.3. The van der Waals surface area contributed by atoms with Gasteiger partial charge in [0.05, 0.1) is 6.61 Å². The first kappa shape index (κ1) is 12.5. The highest BCUT2D eigenvalue weighted by Crippen LogP contribution is 2.38. The highest BCUT2D eigenvalue weighted by molar-refractivity contribution is 5.96. The number of aryl methyl sites for hydroxylation is 1. The van der Waals surface area contributed by atoms with Crippen molar-refractivity contribution < 1.29 is 23.0 Å². The van der Waals surface area contributed by atoms with Gasteiger partial charge >= 0.3 is 12.1 Å². The van der Waals surface area contributed by atoms with Gasteiger partial charge in [0.25, 0.3) is 0 Å². The van der Waals surface area contributed by atoms with Gasteiger partial charge in [-0.15, -0.1) is 0 Å². The Morgan fingerprint density at radius 3 is 2.83 bits per heavy atom. The second-order valence-electron chi connectivity index (χ2n) is 3.94. The van der Waals surface area contributed by atoms with Crippen LogP contribution >= 0.6 is 0 Å². The maximum atomic E-state index is 13.6. The molecule has 0 unspecified atom stereocenters. The SMILES string of the molecule is CCOC(=O)C1=Cc2cc(C)ccc2OC1(F)F. The molecular formula is C13H12F2O3. The molecule has 1 aromatic rings. The summed E-state index contributed by atoms with van der Waals surface area (Å²) < 4.78 is 36.4. The van der Waals surface area contributed by atoms with Gasteiger partial charge in [-0.05, 0) is 32.1 Å². The number of esters is 1. The Morgan fingerprint density at radius 2 is 2.17 bits per heavy atom. The van der Waals surface area contributed by atoms with Crippen LogP contribution < -0.4 is 4.74 Å². The average Bonchev–Trinajstić information content (AvgIpc) is 2.28. The van der Waals surface area contributed by atoms with Gasteiger partial charge in [-0.3, -0.25) is 0 Å². The number of halogens is 2. The molecule has 0 N–H and O–H groups in total. The largest absolute Gasteiger partial charge is 0.462 e. The summed E-state index contributed by atoms with van der Waals surface area (Å²) >= 11 is 0. The van der Waals surface area contributed by atoms with Crippen molar-refractivity contribution in [2.24, 2.45) is 0 Å². The zero-order valence-electron chi connectivity index (χ0n) is 10.00. The van der Waals surface area contributed by atoms with Gasteiger partial charge in [0.1, 0.15) is 11.3 Å². The van der Waals surface area contributed by atoms with Crippen LogP contribution in [-0.4, -0.2) is 18.7 Å². The Hall–Kier alpha value is -1.91. The second-order valence-corrected chi connectivity index (χ2v) is 3.94. The van der Waals surface area contributed by atoms with Crippen LogP contribution in [0.15, 0.2) is 23.8 Å². The van der Waals surface area contributed by atoms with E-state index in [1.54, 1.807) is 19.1 Å². The molecule has 1 aliphatic heterocycles. The van der Waals surface area contributed by atoms with Crippen molar-refractivity contribution in [2.45, 2.75) is 20.0 Å². The molecule has 0 bridgehead atoms. The molecule has 0 atom stereocenters. The van der Waals surface area contributed by atoms with Crippen molar-refractivity contribution in [1.29, 1.82) is 0 Å². The van der Waals surface area contributed by atoms with Gasteiger partial charge < -0.3 is 9.47 Å². The summed E-state index contributed by atoms with van der Waals surface area (Å²) in [6, 6.07) is 4.79. The Morgan fingerprint density at radius 1 is 1.44 bits per heavy atom. The van der Waals surface area contributed by atoms with Gasteiger partial charge in [-0.25, -0.2) is 4.79 Å². The molecule has 1 aromatic carbocycles. The lowest BCUT2D eigenvalue weighted by atomic mass is 10.0. The first-order chi connectivity index (χ1) is 8.44. The predicted molar refractivity (Wildman–Crippen MR) is 61.4 cm³/mol. The molecule has 18 heavy (non-hydrogen) atoms. The molecule has 96 valence electrons. The van der Waals surface area contributed by atoms with E-state index in [1.807, 2.05) is 6.92 Å². The monoisotopic (exact) mass is 254 g/mol. The van der Waals surface area contributed by atoms with Crippen LogP contribution in [0.2, 0.25) is 0 Å². The fourth-order valence-corrected chi connectivity index (χ4v) is 1.69. The van der Waals surface area contributed by atoms with E-state index in [0.717, 1.165) is 11.6 Å². The van der Waals surface area contributed by atoms with E-state index in [9.17, 15) is 13.6 Å². The fraction of sp³-hybridized carbons (Fsp3) is 0.308. The molecule has 3 nitrogen and oxygen atoms in total. The summed E-state index contributed by atoms with van der Waals surface area (Å²) in [7, 11) is 0. The van der Waals surface area contributed by atoms with Gasteiger partial charge in [0, 0.05) is 5.56 Å². The van der Waals surface area contributed by atoms with Crippen LogP contribution in [0, 0.1) is 6.92 Å². The molecule has 0 amide bonds. The van der Waals surface area contributed by atoms with E-state index in [2.05, 4.69) is 9.47 Å². The van der Waals surface area contributed by atoms with Gasteiger partial charge in [-0.2, -0.15) is 8.78 Å². The van der Waals surface area contributed by atoms with Crippen LogP contribution in [0.1, 0.15) is 18.1 Å². The quantitative estimate of drug-likeness (QED) is 0.761. The zero-order chi connectivity index (χ0) is 13.3. The number of rotatable bonds is 2. The fourth-order valence-electron chi connectivity index (χ4n) is 1.69. The standard InChI is InChI=1S/C13H12F2O3/c1-3-17-12(16)10-7-9-6-8(2)4-5-11(9)18-13(10,14)15/h4-7H,3H2,1-2H3. The van der Waals surface area contributed by atoms with Gasteiger partial charge in [0.2, 0.25) is 0 Å².